The molecule has 2 heterocycles. The second-order valence-corrected chi connectivity index (χ2v) is 6.49. The molecule has 3 aromatic rings. The number of nitrogens with zero attached hydrogens (tertiary/aromatic N) is 3. The molecular weight excluding hydrogens is 370 g/mol. The maximum atomic E-state index is 11.2. The monoisotopic (exact) mass is 383 g/mol. The summed E-state index contributed by atoms with van der Waals surface area (Å²) < 4.78 is 5.45. The van der Waals surface area contributed by atoms with Crippen molar-refractivity contribution in [3.05, 3.63) is 70.6 Å². The first-order valence-corrected chi connectivity index (χ1v) is 8.58. The van der Waals surface area contributed by atoms with Gasteiger partial charge < -0.3 is 14.5 Å². The van der Waals surface area contributed by atoms with Crippen LogP contribution >= 0.6 is 11.6 Å². The van der Waals surface area contributed by atoms with E-state index in [0.29, 0.717) is 28.0 Å². The van der Waals surface area contributed by atoms with Gasteiger partial charge in [0.15, 0.2) is 0 Å². The zero-order valence-corrected chi connectivity index (χ0v) is 14.9. The number of oxime groups is 1. The van der Waals surface area contributed by atoms with E-state index in [1.165, 1.54) is 12.1 Å². The first-order valence-electron chi connectivity index (χ1n) is 8.20. The molecule has 0 amide bonds. The van der Waals surface area contributed by atoms with Crippen LogP contribution in [0.2, 0.25) is 5.02 Å². The number of carbonyl (C=O) groups is 1. The first-order chi connectivity index (χ1) is 13.0. The van der Waals surface area contributed by atoms with Crippen molar-refractivity contribution in [2.75, 3.05) is 0 Å². The van der Waals surface area contributed by atoms with E-state index < -0.39 is 5.97 Å². The zero-order valence-electron chi connectivity index (χ0n) is 14.2. The van der Waals surface area contributed by atoms with E-state index in [4.69, 9.17) is 26.1 Å². The van der Waals surface area contributed by atoms with Gasteiger partial charge in [0.1, 0.15) is 17.7 Å². The Hall–Kier alpha value is -3.19. The summed E-state index contributed by atoms with van der Waals surface area (Å²) in [6.45, 7) is 1.85. The van der Waals surface area contributed by atoms with Gasteiger partial charge in [0, 0.05) is 16.1 Å². The van der Waals surface area contributed by atoms with Crippen molar-refractivity contribution < 1.29 is 19.3 Å². The van der Waals surface area contributed by atoms with E-state index in [2.05, 4.69) is 15.3 Å². The smallest absolute Gasteiger partial charge is 0.335 e. The normalized spacial score (nSPS) is 18.8. The molecule has 0 spiro atoms. The van der Waals surface area contributed by atoms with Crippen molar-refractivity contribution in [2.24, 2.45) is 5.16 Å². The molecule has 4 rings (SSSR count). The molecule has 2 atom stereocenters. The van der Waals surface area contributed by atoms with Crippen LogP contribution < -0.4 is 0 Å². The van der Waals surface area contributed by atoms with Crippen LogP contribution in [0, 0.1) is 0 Å². The fourth-order valence-corrected chi connectivity index (χ4v) is 3.19. The summed E-state index contributed by atoms with van der Waals surface area (Å²) in [6, 6.07) is 13.7. The topological polar surface area (TPSA) is 97.8 Å². The number of benzene rings is 2. The highest BCUT2D eigenvalue weighted by Crippen LogP contribution is 2.34. The minimum absolute atomic E-state index is 0.148. The number of halogens is 1. The second kappa shape index (κ2) is 6.85. The van der Waals surface area contributed by atoms with Gasteiger partial charge >= 0.3 is 5.97 Å². The Morgan fingerprint density at radius 2 is 2.00 bits per heavy atom. The van der Waals surface area contributed by atoms with Gasteiger partial charge in [0.2, 0.25) is 11.7 Å². The zero-order chi connectivity index (χ0) is 19.0. The summed E-state index contributed by atoms with van der Waals surface area (Å²) in [7, 11) is 0. The van der Waals surface area contributed by atoms with Gasteiger partial charge in [-0.2, -0.15) is 4.98 Å². The number of aromatic nitrogens is 2. The van der Waals surface area contributed by atoms with Crippen LogP contribution in [0.5, 0.6) is 0 Å². The largest absolute Gasteiger partial charge is 0.478 e. The average Bonchev–Trinajstić information content (AvgIpc) is 3.29. The molecule has 136 valence electrons. The summed E-state index contributed by atoms with van der Waals surface area (Å²) in [5.41, 5.74) is 2.05. The molecule has 0 aliphatic carbocycles. The molecule has 7 nitrogen and oxygen atoms in total. The fraction of sp³-hybridized carbons (Fsp3) is 0.158. The molecule has 0 saturated carbocycles. The van der Waals surface area contributed by atoms with Gasteiger partial charge in [-0.3, -0.25) is 0 Å². The highest BCUT2D eigenvalue weighted by Gasteiger charge is 2.38. The molecule has 0 bridgehead atoms. The van der Waals surface area contributed by atoms with Crippen LogP contribution in [0.25, 0.3) is 11.4 Å². The number of aromatic carboxylic acids is 1. The molecule has 1 aliphatic heterocycles. The summed E-state index contributed by atoms with van der Waals surface area (Å²) in [5.74, 6) is -0.777. The highest BCUT2D eigenvalue weighted by molar-refractivity contribution is 6.34. The lowest BCUT2D eigenvalue weighted by molar-refractivity contribution is 0.0697. The fourth-order valence-electron chi connectivity index (χ4n) is 2.95. The van der Waals surface area contributed by atoms with Gasteiger partial charge in [-0.15, -0.1) is 0 Å². The second-order valence-electron chi connectivity index (χ2n) is 6.09. The quantitative estimate of drug-likeness (QED) is 0.731. The number of hydrogen-bond donors (Lipinski definition) is 1. The van der Waals surface area contributed by atoms with Gasteiger partial charge in [-0.25, -0.2) is 4.79 Å². The maximum absolute atomic E-state index is 11.2. The number of carboxylic acid groups (broad SMARTS) is 1. The predicted octanol–water partition coefficient (Wildman–Crippen LogP) is 3.99. The van der Waals surface area contributed by atoms with Gasteiger partial charge in [0.25, 0.3) is 0 Å². The Morgan fingerprint density at radius 3 is 2.78 bits per heavy atom. The average molecular weight is 384 g/mol. The predicted molar refractivity (Wildman–Crippen MR) is 98.0 cm³/mol. The van der Waals surface area contributed by atoms with Crippen LogP contribution in [0.1, 0.15) is 34.7 Å². The Labute approximate surface area is 159 Å². The van der Waals surface area contributed by atoms with E-state index in [9.17, 15) is 4.79 Å². The molecule has 0 saturated heterocycles. The van der Waals surface area contributed by atoms with Crippen molar-refractivity contribution in [3.63, 3.8) is 0 Å². The highest BCUT2D eigenvalue weighted by atomic mass is 35.5. The number of carboxylic acids is 1. The molecule has 1 aliphatic rings. The molecular formula is C19H14ClN3O4. The first kappa shape index (κ1) is 17.2. The SMILES string of the molecule is CC1ON=C(c2ccccc2Cl)C1c1nc(-c2cccc(C(=O)O)c2)no1. The Balaban J connectivity index is 1.70. The molecule has 1 N–H and O–H groups in total. The number of rotatable bonds is 4. The Bertz CT molecular complexity index is 1050. The van der Waals surface area contributed by atoms with Gasteiger partial charge in [-0.05, 0) is 25.1 Å². The lowest BCUT2D eigenvalue weighted by atomic mass is 9.93. The molecule has 0 radical (unpaired) electrons. The van der Waals surface area contributed by atoms with E-state index in [1.54, 1.807) is 18.2 Å². The van der Waals surface area contributed by atoms with Crippen LogP contribution in [-0.4, -0.2) is 33.0 Å². The lowest BCUT2D eigenvalue weighted by Crippen LogP contribution is -2.20. The third-order valence-electron chi connectivity index (χ3n) is 4.31. The molecule has 2 unspecified atom stereocenters. The van der Waals surface area contributed by atoms with Crippen LogP contribution in [0.3, 0.4) is 0 Å². The van der Waals surface area contributed by atoms with Crippen molar-refractivity contribution in [2.45, 2.75) is 18.9 Å². The lowest BCUT2D eigenvalue weighted by Gasteiger charge is -2.11. The third-order valence-corrected chi connectivity index (χ3v) is 4.64. The Morgan fingerprint density at radius 1 is 1.19 bits per heavy atom. The van der Waals surface area contributed by atoms with E-state index in [1.807, 2.05) is 25.1 Å². The number of hydrogen-bond acceptors (Lipinski definition) is 6. The summed E-state index contributed by atoms with van der Waals surface area (Å²) in [5, 5.41) is 17.8. The Kier molecular flexibility index (Phi) is 4.37. The summed E-state index contributed by atoms with van der Waals surface area (Å²) in [6.07, 6.45) is -0.310. The third kappa shape index (κ3) is 3.17. The van der Waals surface area contributed by atoms with E-state index in [0.717, 1.165) is 5.56 Å². The minimum Gasteiger partial charge on any atom is -0.478 e. The van der Waals surface area contributed by atoms with Crippen LogP contribution in [0.15, 0.2) is 58.2 Å². The maximum Gasteiger partial charge on any atom is 0.335 e. The molecule has 27 heavy (non-hydrogen) atoms. The van der Waals surface area contributed by atoms with E-state index in [-0.39, 0.29) is 17.6 Å². The van der Waals surface area contributed by atoms with Crippen molar-refractivity contribution in [1.29, 1.82) is 0 Å². The summed E-state index contributed by atoms with van der Waals surface area (Å²) >= 11 is 6.29. The molecule has 0 fully saturated rings. The molecule has 8 heteroatoms. The molecule has 1 aromatic heterocycles. The minimum atomic E-state index is -1.02. The van der Waals surface area contributed by atoms with Crippen molar-refractivity contribution in [3.8, 4) is 11.4 Å². The van der Waals surface area contributed by atoms with E-state index >= 15 is 0 Å². The van der Waals surface area contributed by atoms with Crippen LogP contribution in [-0.2, 0) is 4.84 Å². The van der Waals surface area contributed by atoms with Crippen molar-refractivity contribution in [1.82, 2.24) is 10.1 Å². The molecule has 2 aromatic carbocycles. The standard InChI is InChI=1S/C19H14ClN3O4/c1-10-15(16(22-26-10)13-7-2-3-8-14(13)20)18-21-17(23-27-18)11-5-4-6-12(9-11)19(24)25/h2-10,15H,1H3,(H,24,25). The van der Waals surface area contributed by atoms with Gasteiger partial charge in [-0.1, -0.05) is 52.2 Å². The van der Waals surface area contributed by atoms with Gasteiger partial charge in [0.05, 0.1) is 5.56 Å². The van der Waals surface area contributed by atoms with Crippen LogP contribution in [0.4, 0.5) is 0 Å². The van der Waals surface area contributed by atoms with Crippen molar-refractivity contribution >= 4 is 23.3 Å². The summed E-state index contributed by atoms with van der Waals surface area (Å²) in [4.78, 5) is 21.0.